The van der Waals surface area contributed by atoms with Gasteiger partial charge in [-0.3, -0.25) is 0 Å². The minimum absolute atomic E-state index is 0.130. The van der Waals surface area contributed by atoms with Crippen LogP contribution in [0.4, 0.5) is 9.18 Å². The van der Waals surface area contributed by atoms with Crippen molar-refractivity contribution in [3.8, 4) is 0 Å². The Kier molecular flexibility index (Phi) is 5.39. The van der Waals surface area contributed by atoms with Crippen molar-refractivity contribution in [3.05, 3.63) is 0 Å². The molecule has 1 fully saturated rings. The van der Waals surface area contributed by atoms with Gasteiger partial charge in [-0.15, -0.1) is 0 Å². The summed E-state index contributed by atoms with van der Waals surface area (Å²) in [5, 5.41) is 8.56. The molecular weight excluding hydrogens is 197 g/mol. The molecule has 15 heavy (non-hydrogen) atoms. The third kappa shape index (κ3) is 4.03. The van der Waals surface area contributed by atoms with Gasteiger partial charge in [0.25, 0.3) is 0 Å². The quantitative estimate of drug-likeness (QED) is 0.652. The number of nitrogens with one attached hydrogen (secondary N) is 3. The van der Waals surface area contributed by atoms with E-state index in [4.69, 9.17) is 0 Å². The Labute approximate surface area is 90.0 Å². The standard InChI is InChI=1S/C10H20FN3O/c1-12-10(15)14-9-5-3-2-4-8(9)13-7-6-11/h8-9,13H,2-7H2,1H3,(H2,12,14,15)/t8-,9?/m1/s1. The highest BCUT2D eigenvalue weighted by molar-refractivity contribution is 5.73. The van der Waals surface area contributed by atoms with Crippen LogP contribution in [0.2, 0.25) is 0 Å². The van der Waals surface area contributed by atoms with Crippen molar-refractivity contribution in [2.45, 2.75) is 37.8 Å². The highest BCUT2D eigenvalue weighted by Gasteiger charge is 2.25. The summed E-state index contributed by atoms with van der Waals surface area (Å²) in [6, 6.07) is 0.186. The van der Waals surface area contributed by atoms with Gasteiger partial charge in [0.05, 0.1) is 0 Å². The normalized spacial score (nSPS) is 26.0. The zero-order valence-electron chi connectivity index (χ0n) is 9.18. The first-order chi connectivity index (χ1) is 7.27. The van der Waals surface area contributed by atoms with Crippen LogP contribution in [0.1, 0.15) is 25.7 Å². The van der Waals surface area contributed by atoms with E-state index in [0.717, 1.165) is 25.7 Å². The van der Waals surface area contributed by atoms with Crippen LogP contribution >= 0.6 is 0 Å². The Morgan fingerprint density at radius 2 is 2.00 bits per heavy atom. The average molecular weight is 217 g/mol. The fourth-order valence-corrected chi connectivity index (χ4v) is 2.03. The lowest BCUT2D eigenvalue weighted by Gasteiger charge is -2.32. The summed E-state index contributed by atoms with van der Waals surface area (Å²) in [5.74, 6) is 0. The van der Waals surface area contributed by atoms with Crippen molar-refractivity contribution >= 4 is 6.03 Å². The SMILES string of the molecule is CNC(=O)NC1CCCC[C@H]1NCCF. The van der Waals surface area contributed by atoms with Gasteiger partial charge in [0.15, 0.2) is 0 Å². The van der Waals surface area contributed by atoms with Crippen LogP contribution in [-0.4, -0.2) is 38.4 Å². The summed E-state index contributed by atoms with van der Waals surface area (Å²) in [7, 11) is 1.60. The number of hydrogen-bond acceptors (Lipinski definition) is 2. The van der Waals surface area contributed by atoms with Gasteiger partial charge in [0.1, 0.15) is 6.67 Å². The lowest BCUT2D eigenvalue weighted by molar-refractivity contribution is 0.224. The Morgan fingerprint density at radius 3 is 2.60 bits per heavy atom. The van der Waals surface area contributed by atoms with Crippen LogP contribution in [0.25, 0.3) is 0 Å². The molecule has 0 heterocycles. The first kappa shape index (κ1) is 12.2. The van der Waals surface area contributed by atoms with Gasteiger partial charge >= 0.3 is 6.03 Å². The van der Waals surface area contributed by atoms with E-state index < -0.39 is 0 Å². The predicted octanol–water partition coefficient (Wildman–Crippen LogP) is 0.786. The van der Waals surface area contributed by atoms with Crippen molar-refractivity contribution in [2.75, 3.05) is 20.3 Å². The summed E-state index contributed by atoms with van der Waals surface area (Å²) < 4.78 is 12.0. The first-order valence-corrected chi connectivity index (χ1v) is 5.55. The molecule has 1 aliphatic carbocycles. The third-order valence-corrected chi connectivity index (χ3v) is 2.81. The monoisotopic (exact) mass is 217 g/mol. The maximum absolute atomic E-state index is 12.0. The van der Waals surface area contributed by atoms with Crippen molar-refractivity contribution in [1.29, 1.82) is 0 Å². The van der Waals surface area contributed by atoms with E-state index in [1.165, 1.54) is 0 Å². The molecule has 2 amide bonds. The van der Waals surface area contributed by atoms with E-state index >= 15 is 0 Å². The van der Waals surface area contributed by atoms with Crippen LogP contribution in [0.15, 0.2) is 0 Å². The molecule has 0 spiro atoms. The summed E-state index contributed by atoms with van der Waals surface area (Å²) in [6.07, 6.45) is 4.25. The van der Waals surface area contributed by atoms with Gasteiger partial charge in [-0.1, -0.05) is 12.8 Å². The minimum atomic E-state index is -0.358. The van der Waals surface area contributed by atoms with Crippen molar-refractivity contribution in [3.63, 3.8) is 0 Å². The number of amides is 2. The Morgan fingerprint density at radius 1 is 1.33 bits per heavy atom. The maximum Gasteiger partial charge on any atom is 0.314 e. The van der Waals surface area contributed by atoms with Crippen molar-refractivity contribution in [1.82, 2.24) is 16.0 Å². The molecule has 1 rings (SSSR count). The molecule has 0 aromatic carbocycles. The van der Waals surface area contributed by atoms with Crippen LogP contribution in [0.3, 0.4) is 0 Å². The van der Waals surface area contributed by atoms with E-state index in [-0.39, 0.29) is 24.8 Å². The number of urea groups is 1. The topological polar surface area (TPSA) is 53.2 Å². The number of hydrogen-bond donors (Lipinski definition) is 3. The van der Waals surface area contributed by atoms with Gasteiger partial charge in [0.2, 0.25) is 0 Å². The van der Waals surface area contributed by atoms with Crippen LogP contribution in [0, 0.1) is 0 Å². The highest BCUT2D eigenvalue weighted by Crippen LogP contribution is 2.18. The van der Waals surface area contributed by atoms with Crippen LogP contribution < -0.4 is 16.0 Å². The molecule has 4 nitrogen and oxygen atoms in total. The van der Waals surface area contributed by atoms with E-state index in [2.05, 4.69) is 16.0 Å². The van der Waals surface area contributed by atoms with E-state index in [0.29, 0.717) is 6.54 Å². The molecule has 88 valence electrons. The highest BCUT2D eigenvalue weighted by atomic mass is 19.1. The number of halogens is 1. The van der Waals surface area contributed by atoms with Crippen molar-refractivity contribution < 1.29 is 9.18 Å². The minimum Gasteiger partial charge on any atom is -0.341 e. The number of rotatable bonds is 4. The molecule has 5 heteroatoms. The molecule has 1 unspecified atom stereocenters. The van der Waals surface area contributed by atoms with E-state index in [9.17, 15) is 9.18 Å². The second kappa shape index (κ2) is 6.61. The Balaban J connectivity index is 2.38. The molecule has 0 aliphatic heterocycles. The summed E-state index contributed by atoms with van der Waals surface area (Å²) in [4.78, 5) is 11.2. The smallest absolute Gasteiger partial charge is 0.314 e. The molecular formula is C10H20FN3O. The van der Waals surface area contributed by atoms with Gasteiger partial charge < -0.3 is 16.0 Å². The average Bonchev–Trinajstić information content (AvgIpc) is 2.28. The molecule has 0 bridgehead atoms. The predicted molar refractivity (Wildman–Crippen MR) is 57.6 cm³/mol. The van der Waals surface area contributed by atoms with Gasteiger partial charge in [-0.25, -0.2) is 9.18 Å². The molecule has 1 saturated carbocycles. The number of carbonyl (C=O) groups is 1. The zero-order chi connectivity index (χ0) is 11.1. The fraction of sp³-hybridized carbons (Fsp3) is 0.900. The first-order valence-electron chi connectivity index (χ1n) is 5.55. The number of alkyl halides is 1. The molecule has 0 radical (unpaired) electrons. The molecule has 0 saturated heterocycles. The Bertz CT molecular complexity index is 201. The van der Waals surface area contributed by atoms with Gasteiger partial charge in [0, 0.05) is 25.7 Å². The van der Waals surface area contributed by atoms with E-state index in [1.54, 1.807) is 7.05 Å². The molecule has 2 atom stereocenters. The summed E-state index contributed by atoms with van der Waals surface area (Å²) >= 11 is 0. The lowest BCUT2D eigenvalue weighted by Crippen LogP contribution is -2.53. The van der Waals surface area contributed by atoms with Crippen LogP contribution in [-0.2, 0) is 0 Å². The summed E-state index contributed by atoms with van der Waals surface area (Å²) in [5.41, 5.74) is 0. The lowest BCUT2D eigenvalue weighted by atomic mass is 9.90. The maximum atomic E-state index is 12.0. The van der Waals surface area contributed by atoms with Crippen LogP contribution in [0.5, 0.6) is 0 Å². The Hall–Kier alpha value is -0.840. The van der Waals surface area contributed by atoms with Gasteiger partial charge in [-0.05, 0) is 12.8 Å². The van der Waals surface area contributed by atoms with E-state index in [1.807, 2.05) is 0 Å². The second-order valence-corrected chi connectivity index (χ2v) is 3.86. The molecule has 1 aliphatic rings. The largest absolute Gasteiger partial charge is 0.341 e. The van der Waals surface area contributed by atoms with Crippen molar-refractivity contribution in [2.24, 2.45) is 0 Å². The molecule has 0 aromatic rings. The molecule has 3 N–H and O–H groups in total. The zero-order valence-corrected chi connectivity index (χ0v) is 9.18. The fourth-order valence-electron chi connectivity index (χ4n) is 2.03. The van der Waals surface area contributed by atoms with Gasteiger partial charge in [-0.2, -0.15) is 0 Å². The summed E-state index contributed by atoms with van der Waals surface area (Å²) in [6.45, 7) is 0.0137. The third-order valence-electron chi connectivity index (χ3n) is 2.81. The number of carbonyl (C=O) groups excluding carboxylic acids is 1. The second-order valence-electron chi connectivity index (χ2n) is 3.86. The molecule has 0 aromatic heterocycles.